The number of hydrogen-bond donors (Lipinski definition) is 1. The number of hydrogen-bond acceptors (Lipinski definition) is 4. The zero-order valence-electron chi connectivity index (χ0n) is 15.5. The fourth-order valence-electron chi connectivity index (χ4n) is 3.46. The molecule has 4 rings (SSSR count). The summed E-state index contributed by atoms with van der Waals surface area (Å²) in [5, 5.41) is 7.36. The molecule has 0 saturated carbocycles. The van der Waals surface area contributed by atoms with Crippen LogP contribution in [0.4, 0.5) is 0 Å². The Bertz CT molecular complexity index is 943. The summed E-state index contributed by atoms with van der Waals surface area (Å²) in [6.07, 6.45) is 1.22. The van der Waals surface area contributed by atoms with Crippen LogP contribution >= 0.6 is 15.9 Å². The molecule has 144 valence electrons. The lowest BCUT2D eigenvalue weighted by atomic mass is 10.2. The molecule has 2 heterocycles. The third kappa shape index (κ3) is 3.94. The maximum atomic E-state index is 13.0. The topological polar surface area (TPSA) is 71.1 Å². The van der Waals surface area contributed by atoms with Crippen LogP contribution in [0.15, 0.2) is 59.1 Å². The zero-order valence-corrected chi connectivity index (χ0v) is 17.1. The van der Waals surface area contributed by atoms with E-state index in [1.54, 1.807) is 6.92 Å². The first-order valence-electron chi connectivity index (χ1n) is 9.32. The van der Waals surface area contributed by atoms with Gasteiger partial charge in [-0.05, 0) is 44.0 Å². The largest absolute Gasteiger partial charge is 0.481 e. The van der Waals surface area contributed by atoms with Gasteiger partial charge in [-0.1, -0.05) is 46.3 Å². The summed E-state index contributed by atoms with van der Waals surface area (Å²) in [4.78, 5) is 19.5. The molecule has 6 nitrogen and oxygen atoms in total. The molecule has 28 heavy (non-hydrogen) atoms. The van der Waals surface area contributed by atoms with Gasteiger partial charge in [-0.3, -0.25) is 9.89 Å². The van der Waals surface area contributed by atoms with Crippen LogP contribution in [0.1, 0.15) is 31.6 Å². The first kappa shape index (κ1) is 18.7. The Morgan fingerprint density at radius 2 is 1.96 bits per heavy atom. The minimum Gasteiger partial charge on any atom is -0.481 e. The van der Waals surface area contributed by atoms with Crippen molar-refractivity contribution in [2.45, 2.75) is 31.9 Å². The molecular weight excluding hydrogens is 420 g/mol. The van der Waals surface area contributed by atoms with Crippen molar-refractivity contribution in [3.05, 3.63) is 64.9 Å². The third-order valence-electron chi connectivity index (χ3n) is 4.86. The van der Waals surface area contributed by atoms with Crippen LogP contribution in [0.25, 0.3) is 11.4 Å². The van der Waals surface area contributed by atoms with Crippen LogP contribution in [-0.2, 0) is 4.79 Å². The maximum absolute atomic E-state index is 13.0. The van der Waals surface area contributed by atoms with Gasteiger partial charge in [0.25, 0.3) is 5.91 Å². The SMILES string of the molecule is CC(Oc1ccc(Br)cc1)C(=O)N1CCCC1c1nc(-c2ccccc2)n[nH]1. The Hall–Kier alpha value is -2.67. The maximum Gasteiger partial charge on any atom is 0.263 e. The van der Waals surface area contributed by atoms with Crippen LogP contribution in [0, 0.1) is 0 Å². The third-order valence-corrected chi connectivity index (χ3v) is 5.39. The molecule has 7 heteroatoms. The lowest BCUT2D eigenvalue weighted by Gasteiger charge is -2.26. The number of likely N-dealkylation sites (tertiary alicyclic amines) is 1. The van der Waals surface area contributed by atoms with E-state index in [-0.39, 0.29) is 11.9 Å². The van der Waals surface area contributed by atoms with Crippen molar-refractivity contribution in [2.75, 3.05) is 6.54 Å². The van der Waals surface area contributed by atoms with Gasteiger partial charge in [0.1, 0.15) is 11.6 Å². The van der Waals surface area contributed by atoms with E-state index in [1.807, 2.05) is 59.5 Å². The monoisotopic (exact) mass is 440 g/mol. The van der Waals surface area contributed by atoms with E-state index in [2.05, 4.69) is 31.1 Å². The average molecular weight is 441 g/mol. The highest BCUT2D eigenvalue weighted by molar-refractivity contribution is 9.10. The first-order valence-corrected chi connectivity index (χ1v) is 10.1. The highest BCUT2D eigenvalue weighted by Gasteiger charge is 2.35. The van der Waals surface area contributed by atoms with E-state index in [9.17, 15) is 4.79 Å². The molecule has 1 amide bonds. The summed E-state index contributed by atoms with van der Waals surface area (Å²) in [5.74, 6) is 2.00. The van der Waals surface area contributed by atoms with Crippen molar-refractivity contribution in [1.82, 2.24) is 20.1 Å². The molecule has 1 N–H and O–H groups in total. The quantitative estimate of drug-likeness (QED) is 0.639. The average Bonchev–Trinajstić information content (AvgIpc) is 3.39. The van der Waals surface area contributed by atoms with Crippen LogP contribution < -0.4 is 4.74 Å². The second kappa shape index (κ2) is 8.14. The van der Waals surface area contributed by atoms with Gasteiger partial charge in [0.2, 0.25) is 0 Å². The standard InChI is InChI=1S/C21H21BrN4O2/c1-14(28-17-11-9-16(22)10-12-17)21(27)26-13-5-8-18(26)20-23-19(24-25-20)15-6-3-2-4-7-15/h2-4,6-7,9-12,14,18H,5,8,13H2,1H3,(H,23,24,25). The van der Waals surface area contributed by atoms with Crippen molar-refractivity contribution in [3.8, 4) is 17.1 Å². The molecule has 2 unspecified atom stereocenters. The Kier molecular flexibility index (Phi) is 5.43. The van der Waals surface area contributed by atoms with Gasteiger partial charge in [0, 0.05) is 16.6 Å². The van der Waals surface area contributed by atoms with Gasteiger partial charge >= 0.3 is 0 Å². The molecule has 1 saturated heterocycles. The van der Waals surface area contributed by atoms with Crippen LogP contribution in [0.2, 0.25) is 0 Å². The Labute approximate surface area is 172 Å². The van der Waals surface area contributed by atoms with Gasteiger partial charge in [-0.25, -0.2) is 4.98 Å². The molecule has 1 aromatic heterocycles. The van der Waals surface area contributed by atoms with E-state index in [0.717, 1.165) is 28.7 Å². The molecule has 3 aromatic rings. The fourth-order valence-corrected chi connectivity index (χ4v) is 3.72. The number of nitrogens with zero attached hydrogens (tertiary/aromatic N) is 3. The van der Waals surface area contributed by atoms with Gasteiger partial charge in [0.05, 0.1) is 6.04 Å². The number of ether oxygens (including phenoxy) is 1. The zero-order chi connectivity index (χ0) is 19.5. The van der Waals surface area contributed by atoms with E-state index < -0.39 is 6.10 Å². The number of amides is 1. The normalized spacial score (nSPS) is 17.5. The summed E-state index contributed by atoms with van der Waals surface area (Å²) >= 11 is 3.40. The number of halogens is 1. The van der Waals surface area contributed by atoms with Gasteiger partial charge < -0.3 is 9.64 Å². The van der Waals surface area contributed by atoms with Crippen molar-refractivity contribution in [3.63, 3.8) is 0 Å². The predicted molar refractivity (Wildman–Crippen MR) is 110 cm³/mol. The smallest absolute Gasteiger partial charge is 0.263 e. The van der Waals surface area contributed by atoms with Crippen molar-refractivity contribution >= 4 is 21.8 Å². The molecule has 0 radical (unpaired) electrons. The number of benzene rings is 2. The molecule has 0 aliphatic carbocycles. The van der Waals surface area contributed by atoms with Crippen molar-refractivity contribution in [1.29, 1.82) is 0 Å². The number of aromatic nitrogens is 3. The molecule has 2 atom stereocenters. The molecule has 1 fully saturated rings. The molecule has 1 aliphatic rings. The predicted octanol–water partition coefficient (Wildman–Crippen LogP) is 4.37. The van der Waals surface area contributed by atoms with E-state index in [0.29, 0.717) is 18.1 Å². The molecular formula is C21H21BrN4O2. The van der Waals surface area contributed by atoms with Crippen molar-refractivity contribution < 1.29 is 9.53 Å². The molecule has 0 spiro atoms. The minimum absolute atomic E-state index is 0.0388. The van der Waals surface area contributed by atoms with Gasteiger partial charge in [-0.2, -0.15) is 5.10 Å². The highest BCUT2D eigenvalue weighted by Crippen LogP contribution is 2.31. The number of nitrogens with one attached hydrogen (secondary N) is 1. The number of carbonyl (C=O) groups excluding carboxylic acids is 1. The summed E-state index contributed by atoms with van der Waals surface area (Å²) in [7, 11) is 0. The second-order valence-corrected chi connectivity index (χ2v) is 7.73. The fraction of sp³-hybridized carbons (Fsp3) is 0.286. The Morgan fingerprint density at radius 1 is 1.21 bits per heavy atom. The first-order chi connectivity index (χ1) is 13.6. The molecule has 0 bridgehead atoms. The second-order valence-electron chi connectivity index (χ2n) is 6.81. The summed E-state index contributed by atoms with van der Waals surface area (Å²) < 4.78 is 6.81. The van der Waals surface area contributed by atoms with Crippen LogP contribution in [0.5, 0.6) is 5.75 Å². The van der Waals surface area contributed by atoms with E-state index in [4.69, 9.17) is 4.74 Å². The summed E-state index contributed by atoms with van der Waals surface area (Å²) in [6.45, 7) is 2.48. The van der Waals surface area contributed by atoms with Gasteiger partial charge in [0.15, 0.2) is 11.9 Å². The van der Waals surface area contributed by atoms with Crippen molar-refractivity contribution in [2.24, 2.45) is 0 Å². The summed E-state index contributed by atoms with van der Waals surface area (Å²) in [6, 6.07) is 17.2. The molecule has 1 aliphatic heterocycles. The highest BCUT2D eigenvalue weighted by atomic mass is 79.9. The Morgan fingerprint density at radius 3 is 2.71 bits per heavy atom. The van der Waals surface area contributed by atoms with E-state index in [1.165, 1.54) is 0 Å². The Balaban J connectivity index is 1.48. The number of carbonyl (C=O) groups is 1. The van der Waals surface area contributed by atoms with Crippen LogP contribution in [-0.4, -0.2) is 38.6 Å². The number of H-pyrrole nitrogens is 1. The van der Waals surface area contributed by atoms with Gasteiger partial charge in [-0.15, -0.1) is 0 Å². The van der Waals surface area contributed by atoms with E-state index >= 15 is 0 Å². The van der Waals surface area contributed by atoms with Crippen LogP contribution in [0.3, 0.4) is 0 Å². The number of aromatic amines is 1. The summed E-state index contributed by atoms with van der Waals surface area (Å²) in [5.41, 5.74) is 0.952. The lowest BCUT2D eigenvalue weighted by molar-refractivity contribution is -0.139. The minimum atomic E-state index is -0.571. The lowest BCUT2D eigenvalue weighted by Crippen LogP contribution is -2.40. The molecule has 2 aromatic carbocycles. The number of rotatable bonds is 5.